The van der Waals surface area contributed by atoms with E-state index in [4.69, 9.17) is 5.73 Å². The topological polar surface area (TPSA) is 84.2 Å². The monoisotopic (exact) mass is 361 g/mol. The summed E-state index contributed by atoms with van der Waals surface area (Å²) in [5.41, 5.74) is 7.45. The minimum absolute atomic E-state index is 0. The Bertz CT molecular complexity index is 732. The van der Waals surface area contributed by atoms with Crippen LogP contribution in [-0.4, -0.2) is 11.8 Å². The third kappa shape index (κ3) is 5.31. The molecule has 2 amide bonds. The van der Waals surface area contributed by atoms with Crippen LogP contribution in [-0.2, 0) is 15.1 Å². The zero-order chi connectivity index (χ0) is 17.7. The molecule has 5 nitrogen and oxygen atoms in total. The highest BCUT2D eigenvalue weighted by Gasteiger charge is 2.31. The van der Waals surface area contributed by atoms with Crippen LogP contribution in [0.15, 0.2) is 54.6 Å². The molecule has 0 bridgehead atoms. The highest BCUT2D eigenvalue weighted by atomic mass is 35.5. The Kier molecular flexibility index (Phi) is 7.15. The average Bonchev–Trinajstić information content (AvgIpc) is 2.55. The summed E-state index contributed by atoms with van der Waals surface area (Å²) in [6.45, 7) is 5.03. The summed E-state index contributed by atoms with van der Waals surface area (Å²) in [6.07, 6.45) is 0. The second kappa shape index (κ2) is 8.65. The van der Waals surface area contributed by atoms with Crippen molar-refractivity contribution in [1.29, 1.82) is 0 Å². The third-order valence-corrected chi connectivity index (χ3v) is 3.90. The lowest BCUT2D eigenvalue weighted by molar-refractivity contribution is -0.126. The number of carbonyl (C=O) groups is 2. The normalized spacial score (nSPS) is 13.8. The molecule has 134 valence electrons. The second-order valence-corrected chi connectivity index (χ2v) is 6.07. The van der Waals surface area contributed by atoms with Crippen LogP contribution in [0.1, 0.15) is 37.9 Å². The van der Waals surface area contributed by atoms with Crippen LogP contribution in [0, 0.1) is 0 Å². The molecule has 0 aliphatic rings. The number of amides is 2. The van der Waals surface area contributed by atoms with Gasteiger partial charge in [-0.3, -0.25) is 9.59 Å². The number of rotatable bonds is 5. The first-order valence-electron chi connectivity index (χ1n) is 7.83. The van der Waals surface area contributed by atoms with Crippen LogP contribution in [0.2, 0.25) is 0 Å². The van der Waals surface area contributed by atoms with Crippen LogP contribution >= 0.6 is 12.4 Å². The molecule has 0 fully saturated rings. The first-order chi connectivity index (χ1) is 11.3. The van der Waals surface area contributed by atoms with Gasteiger partial charge in [-0.15, -0.1) is 12.4 Å². The maximum absolute atomic E-state index is 12.6. The predicted molar refractivity (Wildman–Crippen MR) is 103 cm³/mol. The molecule has 25 heavy (non-hydrogen) atoms. The number of benzene rings is 2. The summed E-state index contributed by atoms with van der Waals surface area (Å²) < 4.78 is 0. The van der Waals surface area contributed by atoms with Crippen LogP contribution in [0.4, 0.5) is 5.69 Å². The van der Waals surface area contributed by atoms with Crippen molar-refractivity contribution >= 4 is 29.9 Å². The van der Waals surface area contributed by atoms with Gasteiger partial charge in [-0.1, -0.05) is 42.5 Å². The van der Waals surface area contributed by atoms with Gasteiger partial charge in [0.25, 0.3) is 0 Å². The lowest BCUT2D eigenvalue weighted by Crippen LogP contribution is -2.49. The molecule has 4 N–H and O–H groups in total. The number of anilines is 1. The summed E-state index contributed by atoms with van der Waals surface area (Å²) >= 11 is 0. The van der Waals surface area contributed by atoms with Crippen molar-refractivity contribution in [3.05, 3.63) is 65.7 Å². The maximum atomic E-state index is 12.6. The molecule has 0 saturated carbocycles. The number of nitrogens with two attached hydrogens (primary N) is 1. The van der Waals surface area contributed by atoms with Crippen molar-refractivity contribution in [2.45, 2.75) is 32.4 Å². The van der Waals surface area contributed by atoms with E-state index in [-0.39, 0.29) is 30.3 Å². The van der Waals surface area contributed by atoms with E-state index >= 15 is 0 Å². The lowest BCUT2D eigenvalue weighted by atomic mass is 9.91. The third-order valence-electron chi connectivity index (χ3n) is 3.90. The molecule has 0 spiro atoms. The van der Waals surface area contributed by atoms with Gasteiger partial charge in [-0.2, -0.15) is 0 Å². The SMILES string of the molecule is CC(=O)Nc1cccc(C(C)NC(=O)C(C)(N)c2ccccc2)c1.Cl. The van der Waals surface area contributed by atoms with E-state index < -0.39 is 5.54 Å². The van der Waals surface area contributed by atoms with Gasteiger partial charge in [0, 0.05) is 12.6 Å². The highest BCUT2D eigenvalue weighted by molar-refractivity contribution is 5.89. The van der Waals surface area contributed by atoms with Crippen LogP contribution in [0.25, 0.3) is 0 Å². The van der Waals surface area contributed by atoms with Gasteiger partial charge in [0.05, 0.1) is 6.04 Å². The molecular weight excluding hydrogens is 338 g/mol. The summed E-state index contributed by atoms with van der Waals surface area (Å²) in [6, 6.07) is 16.4. The van der Waals surface area contributed by atoms with Gasteiger partial charge in [0.1, 0.15) is 5.54 Å². The van der Waals surface area contributed by atoms with Crippen molar-refractivity contribution in [3.8, 4) is 0 Å². The van der Waals surface area contributed by atoms with Crippen LogP contribution < -0.4 is 16.4 Å². The van der Waals surface area contributed by atoms with E-state index in [1.54, 1.807) is 13.0 Å². The average molecular weight is 362 g/mol. The number of hydrogen-bond donors (Lipinski definition) is 3. The molecular formula is C19H24ClN3O2. The largest absolute Gasteiger partial charge is 0.348 e. The van der Waals surface area contributed by atoms with Gasteiger partial charge >= 0.3 is 0 Å². The van der Waals surface area contributed by atoms with E-state index in [2.05, 4.69) is 10.6 Å². The van der Waals surface area contributed by atoms with Crippen molar-refractivity contribution < 1.29 is 9.59 Å². The Labute approximate surface area is 154 Å². The summed E-state index contributed by atoms with van der Waals surface area (Å²) in [5, 5.41) is 5.67. The van der Waals surface area contributed by atoms with Crippen molar-refractivity contribution in [3.63, 3.8) is 0 Å². The van der Waals surface area contributed by atoms with Crippen molar-refractivity contribution in [2.24, 2.45) is 5.73 Å². The predicted octanol–water partition coefficient (Wildman–Crippen LogP) is 3.12. The fourth-order valence-electron chi connectivity index (χ4n) is 2.43. The smallest absolute Gasteiger partial charge is 0.244 e. The summed E-state index contributed by atoms with van der Waals surface area (Å²) in [5.74, 6) is -0.395. The molecule has 0 aromatic heterocycles. The van der Waals surface area contributed by atoms with Crippen LogP contribution in [0.5, 0.6) is 0 Å². The number of halogens is 1. The van der Waals surface area contributed by atoms with Crippen molar-refractivity contribution in [1.82, 2.24) is 5.32 Å². The molecule has 2 aromatic rings. The van der Waals surface area contributed by atoms with E-state index in [9.17, 15) is 9.59 Å². The molecule has 0 aliphatic carbocycles. The Balaban J connectivity index is 0.00000312. The first kappa shape index (κ1) is 20.7. The Hall–Kier alpha value is -2.37. The van der Waals surface area contributed by atoms with Gasteiger partial charge in [0.2, 0.25) is 11.8 Å². The number of carbonyl (C=O) groups excluding carboxylic acids is 2. The summed E-state index contributed by atoms with van der Waals surface area (Å²) in [7, 11) is 0. The fraction of sp³-hybridized carbons (Fsp3) is 0.263. The first-order valence-corrected chi connectivity index (χ1v) is 7.83. The molecule has 2 rings (SSSR count). The van der Waals surface area contributed by atoms with E-state index in [0.717, 1.165) is 11.1 Å². The van der Waals surface area contributed by atoms with Gasteiger partial charge in [-0.05, 0) is 37.1 Å². The molecule has 0 heterocycles. The van der Waals surface area contributed by atoms with E-state index in [1.807, 2.05) is 55.5 Å². The molecule has 0 aliphatic heterocycles. The van der Waals surface area contributed by atoms with Crippen molar-refractivity contribution in [2.75, 3.05) is 5.32 Å². The number of nitrogens with one attached hydrogen (secondary N) is 2. The molecule has 2 unspecified atom stereocenters. The fourth-order valence-corrected chi connectivity index (χ4v) is 2.43. The van der Waals surface area contributed by atoms with Crippen LogP contribution in [0.3, 0.4) is 0 Å². The van der Waals surface area contributed by atoms with Gasteiger partial charge in [0.15, 0.2) is 0 Å². The molecule has 2 atom stereocenters. The Morgan fingerprint density at radius 1 is 1.08 bits per heavy atom. The molecule has 6 heteroatoms. The zero-order valence-corrected chi connectivity index (χ0v) is 15.4. The van der Waals surface area contributed by atoms with Gasteiger partial charge in [-0.25, -0.2) is 0 Å². The lowest BCUT2D eigenvalue weighted by Gasteiger charge is -2.26. The minimum Gasteiger partial charge on any atom is -0.348 e. The second-order valence-electron chi connectivity index (χ2n) is 6.07. The van der Waals surface area contributed by atoms with E-state index in [1.165, 1.54) is 6.92 Å². The summed E-state index contributed by atoms with van der Waals surface area (Å²) in [4.78, 5) is 23.8. The molecule has 0 radical (unpaired) electrons. The highest BCUT2D eigenvalue weighted by Crippen LogP contribution is 2.21. The Morgan fingerprint density at radius 2 is 1.72 bits per heavy atom. The Morgan fingerprint density at radius 3 is 2.32 bits per heavy atom. The van der Waals surface area contributed by atoms with E-state index in [0.29, 0.717) is 5.69 Å². The molecule has 0 saturated heterocycles. The van der Waals surface area contributed by atoms with Gasteiger partial charge < -0.3 is 16.4 Å². The maximum Gasteiger partial charge on any atom is 0.244 e. The quantitative estimate of drug-likeness (QED) is 0.765. The number of hydrogen-bond acceptors (Lipinski definition) is 3. The standard InChI is InChI=1S/C19H23N3O2.ClH/c1-13(15-8-7-11-17(12-15)22-14(2)23)21-18(24)19(3,20)16-9-5-4-6-10-16;/h4-13H,20H2,1-3H3,(H,21,24)(H,22,23);1H. The minimum atomic E-state index is -1.12. The molecule has 2 aromatic carbocycles. The zero-order valence-electron chi connectivity index (χ0n) is 14.6.